The van der Waals surface area contributed by atoms with Crippen molar-refractivity contribution in [1.82, 2.24) is 10.2 Å². The molecule has 0 aromatic heterocycles. The largest absolute Gasteiger partial charge is 0.489 e. The first-order valence-electron chi connectivity index (χ1n) is 10.3. The van der Waals surface area contributed by atoms with Gasteiger partial charge in [0.1, 0.15) is 24.9 Å². The Morgan fingerprint density at radius 1 is 0.875 bits per heavy atom. The van der Waals surface area contributed by atoms with E-state index < -0.39 is 23.9 Å². The average molecular weight is 429 g/mol. The molecule has 1 saturated heterocycles. The van der Waals surface area contributed by atoms with Crippen molar-refractivity contribution in [1.29, 1.82) is 0 Å². The number of hydrogen-bond donors (Lipinski definition) is 2. The van der Waals surface area contributed by atoms with Gasteiger partial charge in [0.25, 0.3) is 5.91 Å². The highest BCUT2D eigenvalue weighted by Gasteiger charge is 2.38. The Labute approximate surface area is 186 Å². The van der Waals surface area contributed by atoms with Gasteiger partial charge in [-0.25, -0.2) is 4.79 Å². The van der Waals surface area contributed by atoms with Crippen LogP contribution >= 0.6 is 0 Å². The van der Waals surface area contributed by atoms with Crippen LogP contribution in [0.2, 0.25) is 0 Å². The fourth-order valence-electron chi connectivity index (χ4n) is 3.43. The van der Waals surface area contributed by atoms with E-state index >= 15 is 0 Å². The highest BCUT2D eigenvalue weighted by molar-refractivity contribution is 6.08. The molecule has 0 bridgehead atoms. The lowest BCUT2D eigenvalue weighted by atomic mass is 10.1. The molecule has 4 amide bonds. The summed E-state index contributed by atoms with van der Waals surface area (Å²) < 4.78 is 5.73. The van der Waals surface area contributed by atoms with Gasteiger partial charge in [-0.3, -0.25) is 14.5 Å². The summed E-state index contributed by atoms with van der Waals surface area (Å²) >= 11 is 0. The smallest absolute Gasteiger partial charge is 0.325 e. The standard InChI is InChI=1S/C25H23N3O4/c29-23(16-28-24(30)22(27-25(28)31)15-18-7-3-1-4-8-18)26-20-11-13-21(14-12-20)32-17-19-9-5-2-6-10-19/h1-14,22H,15-17H2,(H,26,29)(H,27,31). The molecule has 1 heterocycles. The zero-order valence-electron chi connectivity index (χ0n) is 17.4. The Hall–Kier alpha value is -4.13. The molecule has 1 unspecified atom stereocenters. The normalized spacial score (nSPS) is 15.4. The number of carbonyl (C=O) groups excluding carboxylic acids is 3. The number of nitrogens with zero attached hydrogens (tertiary/aromatic N) is 1. The van der Waals surface area contributed by atoms with Gasteiger partial charge in [-0.05, 0) is 35.4 Å². The molecule has 1 fully saturated rings. The molecule has 162 valence electrons. The lowest BCUT2D eigenvalue weighted by molar-refractivity contribution is -0.130. The fourth-order valence-corrected chi connectivity index (χ4v) is 3.43. The average Bonchev–Trinajstić information content (AvgIpc) is 3.07. The van der Waals surface area contributed by atoms with E-state index in [1.54, 1.807) is 24.3 Å². The van der Waals surface area contributed by atoms with Gasteiger partial charge in [0.15, 0.2) is 0 Å². The minimum atomic E-state index is -0.668. The summed E-state index contributed by atoms with van der Waals surface area (Å²) in [7, 11) is 0. The molecule has 7 heteroatoms. The Morgan fingerprint density at radius 3 is 2.16 bits per heavy atom. The van der Waals surface area contributed by atoms with E-state index in [-0.39, 0.29) is 6.54 Å². The lowest BCUT2D eigenvalue weighted by Crippen LogP contribution is -2.38. The minimum Gasteiger partial charge on any atom is -0.489 e. The van der Waals surface area contributed by atoms with Crippen LogP contribution in [0.25, 0.3) is 0 Å². The second kappa shape index (κ2) is 9.78. The van der Waals surface area contributed by atoms with Gasteiger partial charge >= 0.3 is 6.03 Å². The fraction of sp³-hybridized carbons (Fsp3) is 0.160. The molecule has 7 nitrogen and oxygen atoms in total. The number of urea groups is 1. The molecule has 3 aromatic rings. The van der Waals surface area contributed by atoms with Crippen LogP contribution in [-0.4, -0.2) is 35.3 Å². The summed E-state index contributed by atoms with van der Waals surface area (Å²) in [4.78, 5) is 38.1. The van der Waals surface area contributed by atoms with Crippen molar-refractivity contribution in [2.24, 2.45) is 0 Å². The van der Waals surface area contributed by atoms with E-state index in [2.05, 4.69) is 10.6 Å². The second-order valence-corrected chi connectivity index (χ2v) is 7.46. The Bertz CT molecular complexity index is 1090. The van der Waals surface area contributed by atoms with Crippen LogP contribution in [0.5, 0.6) is 5.75 Å². The molecule has 1 aliphatic heterocycles. The van der Waals surface area contributed by atoms with Crippen LogP contribution in [0, 0.1) is 0 Å². The quantitative estimate of drug-likeness (QED) is 0.538. The number of carbonyl (C=O) groups is 3. The van der Waals surface area contributed by atoms with Crippen LogP contribution < -0.4 is 15.4 Å². The summed E-state index contributed by atoms with van der Waals surface area (Å²) in [5.41, 5.74) is 2.55. The van der Waals surface area contributed by atoms with Crippen LogP contribution in [0.4, 0.5) is 10.5 Å². The van der Waals surface area contributed by atoms with Gasteiger partial charge in [0.2, 0.25) is 5.91 Å². The number of ether oxygens (including phenoxy) is 1. The minimum absolute atomic E-state index is 0.345. The SMILES string of the molecule is O=C(CN1C(=O)NC(Cc2ccccc2)C1=O)Nc1ccc(OCc2ccccc2)cc1. The van der Waals surface area contributed by atoms with Crippen molar-refractivity contribution in [2.75, 3.05) is 11.9 Å². The van der Waals surface area contributed by atoms with E-state index in [0.717, 1.165) is 16.0 Å². The number of benzene rings is 3. The molecule has 1 atom stereocenters. The molecule has 3 aromatic carbocycles. The van der Waals surface area contributed by atoms with E-state index in [1.807, 2.05) is 60.7 Å². The number of amides is 4. The molecule has 0 aliphatic carbocycles. The van der Waals surface area contributed by atoms with Crippen molar-refractivity contribution < 1.29 is 19.1 Å². The van der Waals surface area contributed by atoms with Gasteiger partial charge < -0.3 is 15.4 Å². The molecular weight excluding hydrogens is 406 g/mol. The number of nitrogens with one attached hydrogen (secondary N) is 2. The number of imide groups is 1. The van der Waals surface area contributed by atoms with Gasteiger partial charge in [0.05, 0.1) is 0 Å². The van der Waals surface area contributed by atoms with Gasteiger partial charge in [-0.15, -0.1) is 0 Å². The number of hydrogen-bond acceptors (Lipinski definition) is 4. The van der Waals surface area contributed by atoms with E-state index in [0.29, 0.717) is 24.5 Å². The van der Waals surface area contributed by atoms with Crippen LogP contribution in [0.3, 0.4) is 0 Å². The zero-order valence-corrected chi connectivity index (χ0v) is 17.4. The Kier molecular flexibility index (Phi) is 6.46. The highest BCUT2D eigenvalue weighted by atomic mass is 16.5. The summed E-state index contributed by atoms with van der Waals surface area (Å²) in [5, 5.41) is 5.35. The molecule has 4 rings (SSSR count). The Morgan fingerprint density at radius 2 is 1.50 bits per heavy atom. The monoisotopic (exact) mass is 429 g/mol. The van der Waals surface area contributed by atoms with E-state index in [1.165, 1.54) is 0 Å². The van der Waals surface area contributed by atoms with Crippen molar-refractivity contribution in [3.8, 4) is 5.75 Å². The van der Waals surface area contributed by atoms with Gasteiger partial charge in [-0.2, -0.15) is 0 Å². The topological polar surface area (TPSA) is 87.7 Å². The molecule has 32 heavy (non-hydrogen) atoms. The first-order valence-corrected chi connectivity index (χ1v) is 10.3. The van der Waals surface area contributed by atoms with Crippen molar-refractivity contribution in [3.63, 3.8) is 0 Å². The molecule has 1 aliphatic rings. The first-order chi connectivity index (χ1) is 15.6. The van der Waals surface area contributed by atoms with Crippen molar-refractivity contribution in [3.05, 3.63) is 96.1 Å². The third kappa shape index (κ3) is 5.31. The van der Waals surface area contributed by atoms with Crippen molar-refractivity contribution in [2.45, 2.75) is 19.1 Å². The highest BCUT2D eigenvalue weighted by Crippen LogP contribution is 2.18. The van der Waals surface area contributed by atoms with Gasteiger partial charge in [-0.1, -0.05) is 60.7 Å². The van der Waals surface area contributed by atoms with Crippen LogP contribution in [0.1, 0.15) is 11.1 Å². The zero-order chi connectivity index (χ0) is 22.3. The molecule has 0 spiro atoms. The van der Waals surface area contributed by atoms with Gasteiger partial charge in [0, 0.05) is 12.1 Å². The predicted molar refractivity (Wildman–Crippen MR) is 120 cm³/mol. The maximum Gasteiger partial charge on any atom is 0.325 e. The van der Waals surface area contributed by atoms with E-state index in [9.17, 15) is 14.4 Å². The summed E-state index contributed by atoms with van der Waals surface area (Å²) in [5.74, 6) is -0.185. The molecule has 0 radical (unpaired) electrons. The van der Waals surface area contributed by atoms with Crippen LogP contribution in [0.15, 0.2) is 84.9 Å². The third-order valence-corrected chi connectivity index (χ3v) is 5.08. The first kappa shape index (κ1) is 21.1. The molecule has 2 N–H and O–H groups in total. The van der Waals surface area contributed by atoms with E-state index in [4.69, 9.17) is 4.74 Å². The Balaban J connectivity index is 1.28. The molecular formula is C25H23N3O4. The lowest BCUT2D eigenvalue weighted by Gasteiger charge is -2.13. The summed E-state index contributed by atoms with van der Waals surface area (Å²) in [6.07, 6.45) is 0.383. The predicted octanol–water partition coefficient (Wildman–Crippen LogP) is 3.37. The maximum absolute atomic E-state index is 12.6. The third-order valence-electron chi connectivity index (χ3n) is 5.08. The summed E-state index contributed by atoms with van der Waals surface area (Å²) in [6, 6.07) is 24.9. The maximum atomic E-state index is 12.6. The molecule has 0 saturated carbocycles. The second-order valence-electron chi connectivity index (χ2n) is 7.46. The van der Waals surface area contributed by atoms with Crippen LogP contribution in [-0.2, 0) is 22.6 Å². The number of rotatable bonds is 8. The van der Waals surface area contributed by atoms with Crippen molar-refractivity contribution >= 4 is 23.5 Å². The number of anilines is 1. The summed E-state index contributed by atoms with van der Waals surface area (Å²) in [6.45, 7) is 0.102.